The van der Waals surface area contributed by atoms with Crippen molar-refractivity contribution in [3.8, 4) is 11.1 Å². The zero-order valence-corrected chi connectivity index (χ0v) is 17.0. The van der Waals surface area contributed by atoms with Crippen LogP contribution in [0.15, 0.2) is 59.1 Å². The first kappa shape index (κ1) is 21.1. The molecule has 0 saturated heterocycles. The smallest absolute Gasteiger partial charge is 0.414 e. The number of carboxylic acids is 1. The van der Waals surface area contributed by atoms with Gasteiger partial charge >= 0.3 is 12.1 Å². The minimum atomic E-state index is -0.935. The summed E-state index contributed by atoms with van der Waals surface area (Å²) >= 11 is 0. The van der Waals surface area contributed by atoms with Gasteiger partial charge in [0.1, 0.15) is 6.61 Å². The summed E-state index contributed by atoms with van der Waals surface area (Å²) in [6.45, 7) is 0.331. The van der Waals surface area contributed by atoms with E-state index >= 15 is 0 Å². The number of anilines is 1. The summed E-state index contributed by atoms with van der Waals surface area (Å²) < 4.78 is 10.4. The lowest BCUT2D eigenvalue weighted by molar-refractivity contribution is -0.137. The zero-order chi connectivity index (χ0) is 22.5. The Bertz CT molecular complexity index is 1110. The number of amides is 2. The highest BCUT2D eigenvalue weighted by Crippen LogP contribution is 2.44. The maximum absolute atomic E-state index is 12.3. The van der Waals surface area contributed by atoms with Crippen molar-refractivity contribution in [1.82, 2.24) is 10.5 Å². The lowest BCUT2D eigenvalue weighted by Gasteiger charge is -2.13. The van der Waals surface area contributed by atoms with Crippen molar-refractivity contribution in [2.24, 2.45) is 0 Å². The van der Waals surface area contributed by atoms with Gasteiger partial charge in [-0.2, -0.15) is 0 Å². The van der Waals surface area contributed by atoms with Crippen LogP contribution in [0.1, 0.15) is 40.4 Å². The van der Waals surface area contributed by atoms with Crippen LogP contribution in [0.3, 0.4) is 0 Å². The molecule has 0 bridgehead atoms. The predicted molar refractivity (Wildman–Crippen MR) is 114 cm³/mol. The van der Waals surface area contributed by atoms with Crippen LogP contribution in [-0.4, -0.2) is 41.4 Å². The van der Waals surface area contributed by atoms with Crippen LogP contribution in [-0.2, 0) is 9.53 Å². The molecule has 0 radical (unpaired) electrons. The van der Waals surface area contributed by atoms with Crippen molar-refractivity contribution in [3.63, 3.8) is 0 Å². The predicted octanol–water partition coefficient (Wildman–Crippen LogP) is 3.63. The number of aromatic nitrogens is 1. The van der Waals surface area contributed by atoms with Gasteiger partial charge in [-0.1, -0.05) is 53.7 Å². The van der Waals surface area contributed by atoms with Gasteiger partial charge in [0.15, 0.2) is 5.69 Å². The third kappa shape index (κ3) is 4.61. The number of benzene rings is 2. The highest BCUT2D eigenvalue weighted by Gasteiger charge is 2.29. The van der Waals surface area contributed by atoms with Gasteiger partial charge in [-0.15, -0.1) is 0 Å². The van der Waals surface area contributed by atoms with E-state index in [4.69, 9.17) is 14.4 Å². The molecule has 32 heavy (non-hydrogen) atoms. The molecule has 0 spiro atoms. The van der Waals surface area contributed by atoms with Gasteiger partial charge < -0.3 is 19.7 Å². The molecule has 1 heterocycles. The molecule has 9 heteroatoms. The Hall–Kier alpha value is -4.14. The highest BCUT2D eigenvalue weighted by atomic mass is 16.6. The van der Waals surface area contributed by atoms with E-state index in [-0.39, 0.29) is 37.1 Å². The molecule has 0 fully saturated rings. The molecule has 2 amide bonds. The van der Waals surface area contributed by atoms with E-state index in [1.54, 1.807) is 0 Å². The van der Waals surface area contributed by atoms with Crippen LogP contribution in [0.2, 0.25) is 0 Å². The molecule has 1 aliphatic carbocycles. The monoisotopic (exact) mass is 435 g/mol. The van der Waals surface area contributed by atoms with Gasteiger partial charge in [-0.05, 0) is 28.7 Å². The van der Waals surface area contributed by atoms with Crippen LogP contribution in [0, 0.1) is 0 Å². The van der Waals surface area contributed by atoms with Crippen LogP contribution >= 0.6 is 0 Å². The number of carbonyl (C=O) groups is 3. The molecule has 3 aromatic rings. The van der Waals surface area contributed by atoms with Crippen molar-refractivity contribution in [3.05, 3.63) is 71.4 Å². The number of nitrogens with zero attached hydrogens (tertiary/aromatic N) is 1. The van der Waals surface area contributed by atoms with Crippen LogP contribution < -0.4 is 10.6 Å². The fourth-order valence-electron chi connectivity index (χ4n) is 3.71. The standard InChI is InChI=1S/C23H21N3O6/c27-21(28)10-5-11-24-22(29)19-12-20(32-26-19)25-23(30)31-13-18-16-8-3-1-6-14(16)15-7-2-4-9-17(15)18/h1-4,6-9,12,18H,5,10-11,13H2,(H,24,29)(H,25,30)(H,27,28). The van der Waals surface area contributed by atoms with Crippen molar-refractivity contribution >= 4 is 23.9 Å². The fraction of sp³-hybridized carbons (Fsp3) is 0.217. The number of nitrogens with one attached hydrogen (secondary N) is 2. The first-order valence-electron chi connectivity index (χ1n) is 10.1. The van der Waals surface area contributed by atoms with E-state index in [0.29, 0.717) is 6.42 Å². The molecule has 0 unspecified atom stereocenters. The zero-order valence-electron chi connectivity index (χ0n) is 17.0. The summed E-state index contributed by atoms with van der Waals surface area (Å²) in [5.41, 5.74) is 4.43. The third-order valence-corrected chi connectivity index (χ3v) is 5.16. The number of fused-ring (bicyclic) bond motifs is 3. The van der Waals surface area contributed by atoms with Crippen molar-refractivity contribution in [2.75, 3.05) is 18.5 Å². The summed E-state index contributed by atoms with van der Waals surface area (Å²) in [7, 11) is 0. The SMILES string of the molecule is O=C(O)CCCNC(=O)c1cc(NC(=O)OCC2c3ccccc3-c3ccccc32)on1. The molecule has 0 aliphatic heterocycles. The van der Waals surface area contributed by atoms with Crippen molar-refractivity contribution in [2.45, 2.75) is 18.8 Å². The van der Waals surface area contributed by atoms with Crippen LogP contribution in [0.5, 0.6) is 0 Å². The summed E-state index contributed by atoms with van der Waals surface area (Å²) in [4.78, 5) is 34.8. The highest BCUT2D eigenvalue weighted by molar-refractivity contribution is 5.93. The molecular weight excluding hydrogens is 414 g/mol. The van der Waals surface area contributed by atoms with Gasteiger partial charge in [0, 0.05) is 24.9 Å². The normalized spacial score (nSPS) is 12.0. The Kier molecular flexibility index (Phi) is 6.16. The number of carboxylic acid groups (broad SMARTS) is 1. The quantitative estimate of drug-likeness (QED) is 0.461. The number of ether oxygens (including phenoxy) is 1. The summed E-state index contributed by atoms with van der Waals surface area (Å²) in [6.07, 6.45) is -0.478. The topological polar surface area (TPSA) is 131 Å². The van der Waals surface area contributed by atoms with E-state index in [1.165, 1.54) is 6.07 Å². The maximum atomic E-state index is 12.3. The molecule has 0 atom stereocenters. The summed E-state index contributed by atoms with van der Waals surface area (Å²) in [5.74, 6) is -1.57. The Balaban J connectivity index is 1.32. The molecule has 1 aliphatic rings. The number of hydrogen-bond acceptors (Lipinski definition) is 6. The molecule has 4 rings (SSSR count). The Labute approximate surface area is 183 Å². The molecule has 2 aromatic carbocycles. The lowest BCUT2D eigenvalue weighted by atomic mass is 9.98. The summed E-state index contributed by atoms with van der Waals surface area (Å²) in [5, 5.41) is 17.2. The number of carbonyl (C=O) groups excluding carboxylic acids is 2. The molecular formula is C23H21N3O6. The van der Waals surface area contributed by atoms with Gasteiger partial charge in [0.25, 0.3) is 5.91 Å². The molecule has 0 saturated carbocycles. The first-order chi connectivity index (χ1) is 15.5. The van der Waals surface area contributed by atoms with Gasteiger partial charge in [0.2, 0.25) is 5.88 Å². The third-order valence-electron chi connectivity index (χ3n) is 5.16. The van der Waals surface area contributed by atoms with Crippen LogP contribution in [0.4, 0.5) is 10.7 Å². The van der Waals surface area contributed by atoms with E-state index in [0.717, 1.165) is 22.3 Å². The number of rotatable bonds is 8. The Morgan fingerprint density at radius 1 is 1.03 bits per heavy atom. The van der Waals surface area contributed by atoms with E-state index in [2.05, 4.69) is 27.9 Å². The van der Waals surface area contributed by atoms with E-state index in [1.807, 2.05) is 36.4 Å². The molecule has 9 nitrogen and oxygen atoms in total. The van der Waals surface area contributed by atoms with Gasteiger partial charge in [-0.25, -0.2) is 4.79 Å². The van der Waals surface area contributed by atoms with Crippen molar-refractivity contribution in [1.29, 1.82) is 0 Å². The maximum Gasteiger partial charge on any atom is 0.414 e. The van der Waals surface area contributed by atoms with Gasteiger partial charge in [0.05, 0.1) is 0 Å². The fourth-order valence-corrected chi connectivity index (χ4v) is 3.71. The largest absolute Gasteiger partial charge is 0.481 e. The second kappa shape index (κ2) is 9.34. The first-order valence-corrected chi connectivity index (χ1v) is 10.1. The number of aliphatic carboxylic acids is 1. The lowest BCUT2D eigenvalue weighted by Crippen LogP contribution is -2.25. The van der Waals surface area contributed by atoms with E-state index in [9.17, 15) is 14.4 Å². The number of hydrogen-bond donors (Lipinski definition) is 3. The molecule has 1 aromatic heterocycles. The molecule has 3 N–H and O–H groups in total. The van der Waals surface area contributed by atoms with E-state index < -0.39 is 18.0 Å². The average Bonchev–Trinajstić information content (AvgIpc) is 3.38. The van der Waals surface area contributed by atoms with Gasteiger partial charge in [-0.3, -0.25) is 14.9 Å². The second-order valence-electron chi connectivity index (χ2n) is 7.28. The van der Waals surface area contributed by atoms with Crippen molar-refractivity contribution < 1.29 is 28.8 Å². The molecule has 164 valence electrons. The minimum absolute atomic E-state index is 0.0297. The summed E-state index contributed by atoms with van der Waals surface area (Å²) in [6, 6.07) is 17.3. The Morgan fingerprint density at radius 3 is 2.34 bits per heavy atom. The second-order valence-corrected chi connectivity index (χ2v) is 7.28. The average molecular weight is 435 g/mol. The van der Waals surface area contributed by atoms with Crippen LogP contribution in [0.25, 0.3) is 11.1 Å². The Morgan fingerprint density at radius 2 is 1.69 bits per heavy atom. The minimum Gasteiger partial charge on any atom is -0.481 e.